The van der Waals surface area contributed by atoms with Crippen LogP contribution in [0.2, 0.25) is 0 Å². The minimum absolute atomic E-state index is 0.575. The Hall–Kier alpha value is -6.85. The van der Waals surface area contributed by atoms with Crippen LogP contribution in [0, 0.1) is 0 Å². The summed E-state index contributed by atoms with van der Waals surface area (Å²) in [6.07, 6.45) is 1.82. The van der Waals surface area contributed by atoms with Gasteiger partial charge in [0.05, 0.1) is 16.9 Å². The van der Waals surface area contributed by atoms with E-state index in [1.54, 1.807) is 0 Å². The Morgan fingerprint density at radius 3 is 1.52 bits per heavy atom. The lowest BCUT2D eigenvalue weighted by Gasteiger charge is -2.13. The van der Waals surface area contributed by atoms with Crippen molar-refractivity contribution in [3.05, 3.63) is 164 Å². The molecular weight excluding hydrogens is 611 g/mol. The number of fused-ring (bicyclic) bond motifs is 7. The second kappa shape index (κ2) is 11.4. The lowest BCUT2D eigenvalue weighted by atomic mass is 9.96. The number of benzene rings is 7. The number of aromatic nitrogens is 5. The molecule has 10 aromatic rings. The fraction of sp³-hybridized carbons (Fsp3) is 0. The number of rotatable bonds is 4. The van der Waals surface area contributed by atoms with E-state index in [9.17, 15) is 0 Å². The SMILES string of the molecule is c1ccc2cc(-c3nc(-c4ccnc(-c5nc6ccccc6c6c5ccc5ccccc56)c4)nc(-c4ccc5ccccc5c4)n3)ccc2c1. The van der Waals surface area contributed by atoms with Crippen molar-refractivity contribution in [1.29, 1.82) is 0 Å². The molecule has 0 atom stereocenters. The highest BCUT2D eigenvalue weighted by Crippen LogP contribution is 2.37. The Morgan fingerprint density at radius 1 is 0.340 bits per heavy atom. The fourth-order valence-electron chi connectivity index (χ4n) is 7.04. The highest BCUT2D eigenvalue weighted by Gasteiger charge is 2.17. The third-order valence-corrected chi connectivity index (χ3v) is 9.50. The Kier molecular flexibility index (Phi) is 6.42. The van der Waals surface area contributed by atoms with Crippen molar-refractivity contribution in [2.24, 2.45) is 0 Å². The summed E-state index contributed by atoms with van der Waals surface area (Å²) in [7, 11) is 0. The summed E-state index contributed by atoms with van der Waals surface area (Å²) in [5.74, 6) is 1.80. The van der Waals surface area contributed by atoms with E-state index < -0.39 is 0 Å². The molecule has 0 saturated carbocycles. The first-order chi connectivity index (χ1) is 24.7. The van der Waals surface area contributed by atoms with E-state index in [1.807, 2.05) is 18.3 Å². The summed E-state index contributed by atoms with van der Waals surface area (Å²) in [6, 6.07) is 54.6. The van der Waals surface area contributed by atoms with Gasteiger partial charge in [-0.15, -0.1) is 0 Å². The van der Waals surface area contributed by atoms with E-state index >= 15 is 0 Å². The molecule has 3 aromatic heterocycles. The Morgan fingerprint density at radius 2 is 0.860 bits per heavy atom. The molecule has 0 aliphatic carbocycles. The van der Waals surface area contributed by atoms with Crippen molar-refractivity contribution in [2.45, 2.75) is 0 Å². The maximum atomic E-state index is 5.19. The molecule has 5 nitrogen and oxygen atoms in total. The smallest absolute Gasteiger partial charge is 0.164 e. The molecule has 0 bridgehead atoms. The molecule has 7 aromatic carbocycles. The van der Waals surface area contributed by atoms with E-state index in [1.165, 1.54) is 26.9 Å². The van der Waals surface area contributed by atoms with E-state index in [0.717, 1.165) is 55.1 Å². The van der Waals surface area contributed by atoms with Crippen LogP contribution in [-0.2, 0) is 0 Å². The summed E-state index contributed by atoms with van der Waals surface area (Å²) in [5.41, 5.74) is 5.20. The Bertz CT molecular complexity index is 2840. The van der Waals surface area contributed by atoms with Crippen LogP contribution in [0.4, 0.5) is 0 Å². The van der Waals surface area contributed by atoms with Gasteiger partial charge in [0.15, 0.2) is 17.5 Å². The van der Waals surface area contributed by atoms with Crippen LogP contribution in [0.1, 0.15) is 0 Å². The number of nitrogens with zero attached hydrogens (tertiary/aromatic N) is 5. The number of pyridine rings is 2. The molecule has 5 heteroatoms. The fourth-order valence-corrected chi connectivity index (χ4v) is 7.04. The number of hydrogen-bond donors (Lipinski definition) is 0. The van der Waals surface area contributed by atoms with Crippen LogP contribution in [-0.4, -0.2) is 24.9 Å². The van der Waals surface area contributed by atoms with Crippen molar-refractivity contribution in [3.8, 4) is 45.6 Å². The third-order valence-electron chi connectivity index (χ3n) is 9.50. The van der Waals surface area contributed by atoms with E-state index in [4.69, 9.17) is 24.9 Å². The second-order valence-electron chi connectivity index (χ2n) is 12.5. The van der Waals surface area contributed by atoms with Gasteiger partial charge in [-0.2, -0.15) is 0 Å². The van der Waals surface area contributed by atoms with Gasteiger partial charge in [-0.25, -0.2) is 19.9 Å². The minimum atomic E-state index is 0.575. The predicted molar refractivity (Wildman–Crippen MR) is 205 cm³/mol. The normalized spacial score (nSPS) is 11.6. The highest BCUT2D eigenvalue weighted by atomic mass is 15.0. The summed E-state index contributed by atoms with van der Waals surface area (Å²) < 4.78 is 0. The second-order valence-corrected chi connectivity index (χ2v) is 12.5. The number of hydrogen-bond acceptors (Lipinski definition) is 5. The molecule has 50 heavy (non-hydrogen) atoms. The molecule has 0 fully saturated rings. The monoisotopic (exact) mass is 637 g/mol. The molecule has 0 aliphatic heterocycles. The molecule has 232 valence electrons. The average Bonchev–Trinajstić information content (AvgIpc) is 3.19. The van der Waals surface area contributed by atoms with Gasteiger partial charge in [-0.05, 0) is 62.6 Å². The lowest BCUT2D eigenvalue weighted by Crippen LogP contribution is -2.01. The van der Waals surface area contributed by atoms with Gasteiger partial charge >= 0.3 is 0 Å². The predicted octanol–water partition coefficient (Wildman–Crippen LogP) is 11.1. The van der Waals surface area contributed by atoms with Gasteiger partial charge in [-0.3, -0.25) is 4.98 Å². The first-order valence-electron chi connectivity index (χ1n) is 16.7. The zero-order chi connectivity index (χ0) is 33.0. The molecular formula is C45H27N5. The summed E-state index contributed by atoms with van der Waals surface area (Å²) in [6.45, 7) is 0. The van der Waals surface area contributed by atoms with Crippen molar-refractivity contribution in [3.63, 3.8) is 0 Å². The van der Waals surface area contributed by atoms with Gasteiger partial charge < -0.3 is 0 Å². The summed E-state index contributed by atoms with van der Waals surface area (Å²) >= 11 is 0. The van der Waals surface area contributed by atoms with E-state index in [-0.39, 0.29) is 0 Å². The van der Waals surface area contributed by atoms with Crippen LogP contribution in [0.5, 0.6) is 0 Å². The summed E-state index contributed by atoms with van der Waals surface area (Å²) in [5, 5.41) is 10.3. The third kappa shape index (κ3) is 4.75. The van der Waals surface area contributed by atoms with Crippen molar-refractivity contribution in [1.82, 2.24) is 24.9 Å². The Labute approximate surface area is 287 Å². The zero-order valence-corrected chi connectivity index (χ0v) is 26.8. The first-order valence-corrected chi connectivity index (χ1v) is 16.7. The molecule has 0 radical (unpaired) electrons. The van der Waals surface area contributed by atoms with Crippen molar-refractivity contribution < 1.29 is 0 Å². The molecule has 0 aliphatic rings. The molecule has 0 spiro atoms. The van der Waals surface area contributed by atoms with E-state index in [0.29, 0.717) is 17.5 Å². The van der Waals surface area contributed by atoms with Crippen molar-refractivity contribution >= 4 is 54.0 Å². The standard InChI is InChI=1S/C45H27N5/c1-3-12-31-25-33(19-17-28(31)9-1)43-48-44(34-20-18-29-10-2-4-13-32(29)26-34)50-45(49-43)35-23-24-46-40(27-35)42-38-22-21-30-11-5-6-14-36(30)41(38)37-15-7-8-16-39(37)47-42/h1-27H. The molecule has 0 amide bonds. The molecule has 0 saturated heterocycles. The van der Waals surface area contributed by atoms with Crippen LogP contribution in [0.25, 0.3) is 99.5 Å². The minimum Gasteiger partial charge on any atom is -0.255 e. The average molecular weight is 638 g/mol. The number of para-hydroxylation sites is 1. The first kappa shape index (κ1) is 28.2. The van der Waals surface area contributed by atoms with Crippen LogP contribution >= 0.6 is 0 Å². The van der Waals surface area contributed by atoms with Crippen LogP contribution in [0.15, 0.2) is 164 Å². The molecule has 0 unspecified atom stereocenters. The molecule has 0 N–H and O–H groups in total. The quantitative estimate of drug-likeness (QED) is 0.180. The maximum absolute atomic E-state index is 5.19. The van der Waals surface area contributed by atoms with Gasteiger partial charge in [0, 0.05) is 39.0 Å². The van der Waals surface area contributed by atoms with Gasteiger partial charge in [0.2, 0.25) is 0 Å². The van der Waals surface area contributed by atoms with Gasteiger partial charge in [0.25, 0.3) is 0 Å². The topological polar surface area (TPSA) is 64.5 Å². The maximum Gasteiger partial charge on any atom is 0.164 e. The molecule has 3 heterocycles. The van der Waals surface area contributed by atoms with Gasteiger partial charge in [0.1, 0.15) is 0 Å². The largest absolute Gasteiger partial charge is 0.255 e. The lowest BCUT2D eigenvalue weighted by molar-refractivity contribution is 1.07. The van der Waals surface area contributed by atoms with Crippen molar-refractivity contribution in [2.75, 3.05) is 0 Å². The van der Waals surface area contributed by atoms with Gasteiger partial charge in [-0.1, -0.05) is 127 Å². The van der Waals surface area contributed by atoms with Crippen LogP contribution in [0.3, 0.4) is 0 Å². The Balaban J connectivity index is 1.18. The zero-order valence-electron chi connectivity index (χ0n) is 26.8. The summed E-state index contributed by atoms with van der Waals surface area (Å²) in [4.78, 5) is 25.3. The highest BCUT2D eigenvalue weighted by molar-refractivity contribution is 6.22. The molecule has 10 rings (SSSR count). The van der Waals surface area contributed by atoms with Crippen LogP contribution < -0.4 is 0 Å². The van der Waals surface area contributed by atoms with E-state index in [2.05, 4.69) is 146 Å².